The molecular formula is C22H15F2N3O10. The lowest BCUT2D eigenvalue weighted by atomic mass is 10.1. The summed E-state index contributed by atoms with van der Waals surface area (Å²) in [6.07, 6.45) is 1.04. The summed E-state index contributed by atoms with van der Waals surface area (Å²) < 4.78 is 45.1. The van der Waals surface area contributed by atoms with Crippen LogP contribution in [0.3, 0.4) is 0 Å². The highest BCUT2D eigenvalue weighted by molar-refractivity contribution is 5.95. The van der Waals surface area contributed by atoms with E-state index in [0.29, 0.717) is 12.1 Å². The number of carbonyl (C=O) groups excluding carboxylic acids is 2. The van der Waals surface area contributed by atoms with Gasteiger partial charge in [0.25, 0.3) is 11.4 Å². The van der Waals surface area contributed by atoms with Crippen molar-refractivity contribution in [1.29, 1.82) is 0 Å². The first-order valence-electron chi connectivity index (χ1n) is 10.5. The lowest BCUT2D eigenvalue weighted by molar-refractivity contribution is -0.394. The van der Waals surface area contributed by atoms with Crippen LogP contribution in [0.5, 0.6) is 5.75 Å². The molecule has 15 heteroatoms. The highest BCUT2D eigenvalue weighted by atomic mass is 19.2. The van der Waals surface area contributed by atoms with Crippen LogP contribution in [0.4, 0.5) is 20.2 Å². The zero-order valence-electron chi connectivity index (χ0n) is 18.8. The molecule has 0 bridgehead atoms. The average molecular weight is 519 g/mol. The topological polar surface area (TPSA) is 170 Å². The number of nitrogens with zero attached hydrogens (tertiary/aromatic N) is 3. The minimum Gasteiger partial charge on any atom is -0.486 e. The molecule has 1 aromatic heterocycles. The molecule has 192 valence electrons. The van der Waals surface area contributed by atoms with Gasteiger partial charge in [-0.15, -0.1) is 0 Å². The molecule has 37 heavy (non-hydrogen) atoms. The molecule has 0 unspecified atom stereocenters. The number of pyridine rings is 1. The molecule has 0 N–H and O–H groups in total. The molecule has 4 rings (SSSR count). The van der Waals surface area contributed by atoms with Gasteiger partial charge in [0.15, 0.2) is 11.6 Å². The van der Waals surface area contributed by atoms with Crippen molar-refractivity contribution in [2.45, 2.75) is 13.0 Å². The van der Waals surface area contributed by atoms with Crippen LogP contribution >= 0.6 is 0 Å². The minimum absolute atomic E-state index is 0.0706. The van der Waals surface area contributed by atoms with Crippen LogP contribution in [0.15, 0.2) is 35.3 Å². The van der Waals surface area contributed by atoms with Crippen molar-refractivity contribution >= 4 is 34.2 Å². The molecular weight excluding hydrogens is 504 g/mol. The summed E-state index contributed by atoms with van der Waals surface area (Å²) in [5.41, 5.74) is -3.53. The van der Waals surface area contributed by atoms with E-state index >= 15 is 0 Å². The van der Waals surface area contributed by atoms with Gasteiger partial charge in [0.2, 0.25) is 11.2 Å². The third-order valence-corrected chi connectivity index (χ3v) is 5.44. The van der Waals surface area contributed by atoms with Crippen LogP contribution in [-0.4, -0.2) is 46.2 Å². The van der Waals surface area contributed by atoms with E-state index in [2.05, 4.69) is 0 Å². The summed E-state index contributed by atoms with van der Waals surface area (Å²) in [6.45, 7) is 0.505. The van der Waals surface area contributed by atoms with Crippen molar-refractivity contribution in [3.8, 4) is 5.75 Å². The average Bonchev–Trinajstić information content (AvgIpc) is 2.87. The Labute approximate surface area is 204 Å². The summed E-state index contributed by atoms with van der Waals surface area (Å²) >= 11 is 0. The Morgan fingerprint density at radius 2 is 1.73 bits per heavy atom. The van der Waals surface area contributed by atoms with E-state index in [1.165, 1.54) is 11.5 Å². The first-order chi connectivity index (χ1) is 17.5. The SMILES string of the molecule is CCOC(=O)c1cn2c3c(c(F)c(F)cc3c1=O)OC[C@H]2COC(=O)c1cc([N+](=O)[O-])cc([N+](=O)[O-])c1. The Hall–Kier alpha value is -4.95. The monoisotopic (exact) mass is 519 g/mol. The number of hydrogen-bond acceptors (Lipinski definition) is 10. The van der Waals surface area contributed by atoms with Gasteiger partial charge < -0.3 is 18.8 Å². The van der Waals surface area contributed by atoms with E-state index < -0.39 is 86.4 Å². The Bertz CT molecular complexity index is 1520. The van der Waals surface area contributed by atoms with E-state index in [1.807, 2.05) is 0 Å². The van der Waals surface area contributed by atoms with Gasteiger partial charge in [0.05, 0.1) is 39.0 Å². The number of carbonyl (C=O) groups is 2. The lowest BCUT2D eigenvalue weighted by Crippen LogP contribution is -2.32. The van der Waals surface area contributed by atoms with Crippen LogP contribution in [0, 0.1) is 31.9 Å². The summed E-state index contributed by atoms with van der Waals surface area (Å²) in [4.78, 5) is 58.1. The largest absolute Gasteiger partial charge is 0.486 e. The number of hydrogen-bond donors (Lipinski definition) is 0. The Morgan fingerprint density at radius 3 is 2.32 bits per heavy atom. The van der Waals surface area contributed by atoms with E-state index in [-0.39, 0.29) is 17.5 Å². The van der Waals surface area contributed by atoms with Crippen molar-refractivity contribution in [2.24, 2.45) is 0 Å². The molecule has 1 atom stereocenters. The maximum absolute atomic E-state index is 14.4. The predicted octanol–water partition coefficient (Wildman–Crippen LogP) is 3.06. The van der Waals surface area contributed by atoms with Gasteiger partial charge in [-0.1, -0.05) is 0 Å². The number of halogens is 2. The number of nitro benzene ring substituents is 2. The van der Waals surface area contributed by atoms with Crippen molar-refractivity contribution < 1.29 is 42.4 Å². The minimum atomic E-state index is -1.38. The number of ether oxygens (including phenoxy) is 3. The van der Waals surface area contributed by atoms with Gasteiger partial charge in [-0.3, -0.25) is 25.0 Å². The molecule has 3 aromatic rings. The zero-order chi connectivity index (χ0) is 27.0. The van der Waals surface area contributed by atoms with Crippen LogP contribution < -0.4 is 10.2 Å². The number of aromatic nitrogens is 1. The van der Waals surface area contributed by atoms with Gasteiger partial charge in [0, 0.05) is 18.3 Å². The molecule has 0 fully saturated rings. The van der Waals surface area contributed by atoms with Gasteiger partial charge in [0.1, 0.15) is 24.8 Å². The Morgan fingerprint density at radius 1 is 1.08 bits per heavy atom. The van der Waals surface area contributed by atoms with Crippen molar-refractivity contribution in [3.05, 3.63) is 83.7 Å². The first-order valence-corrected chi connectivity index (χ1v) is 10.5. The number of rotatable bonds is 7. The van der Waals surface area contributed by atoms with Crippen molar-refractivity contribution in [3.63, 3.8) is 0 Å². The van der Waals surface area contributed by atoms with Gasteiger partial charge in [-0.05, 0) is 13.0 Å². The molecule has 1 aliphatic heterocycles. The second-order valence-corrected chi connectivity index (χ2v) is 7.71. The third-order valence-electron chi connectivity index (χ3n) is 5.44. The van der Waals surface area contributed by atoms with Gasteiger partial charge in [-0.2, -0.15) is 4.39 Å². The standard InChI is InChI=1S/C22H15F2N3O10/c1-2-35-22(30)15-7-25-13(8-36-20-17(24)16(23)6-14(18(20)25)19(15)28)9-37-21(29)10-3-11(26(31)32)5-12(4-10)27(33)34/h3-7,13H,2,8-9H2,1H3/t13-/m0/s1. The van der Waals surface area contributed by atoms with Crippen LogP contribution in [0.2, 0.25) is 0 Å². The zero-order valence-corrected chi connectivity index (χ0v) is 18.8. The fourth-order valence-electron chi connectivity index (χ4n) is 3.77. The summed E-state index contributed by atoms with van der Waals surface area (Å²) in [6, 6.07) is 1.87. The molecule has 0 radical (unpaired) electrons. The highest BCUT2D eigenvalue weighted by Crippen LogP contribution is 2.36. The van der Waals surface area contributed by atoms with Crippen molar-refractivity contribution in [1.82, 2.24) is 4.57 Å². The summed E-state index contributed by atoms with van der Waals surface area (Å²) in [5.74, 6) is -5.52. The van der Waals surface area contributed by atoms with E-state index in [1.54, 1.807) is 0 Å². The highest BCUT2D eigenvalue weighted by Gasteiger charge is 2.31. The lowest BCUT2D eigenvalue weighted by Gasteiger charge is -2.29. The quantitative estimate of drug-likeness (QED) is 0.257. The number of non-ortho nitro benzene ring substituents is 2. The molecule has 13 nitrogen and oxygen atoms in total. The van der Waals surface area contributed by atoms with Crippen LogP contribution in [-0.2, 0) is 9.47 Å². The van der Waals surface area contributed by atoms with E-state index in [4.69, 9.17) is 14.2 Å². The summed E-state index contributed by atoms with van der Waals surface area (Å²) in [5, 5.41) is 21.8. The normalized spacial score (nSPS) is 14.1. The number of esters is 2. The fraction of sp³-hybridized carbons (Fsp3) is 0.227. The second kappa shape index (κ2) is 9.60. The molecule has 1 aliphatic rings. The van der Waals surface area contributed by atoms with E-state index in [9.17, 15) is 43.4 Å². The van der Waals surface area contributed by atoms with E-state index in [0.717, 1.165) is 18.3 Å². The molecule has 2 heterocycles. The molecule has 0 aliphatic carbocycles. The van der Waals surface area contributed by atoms with Crippen LogP contribution in [0.25, 0.3) is 10.9 Å². The fourth-order valence-corrected chi connectivity index (χ4v) is 3.77. The van der Waals surface area contributed by atoms with Gasteiger partial charge in [-0.25, -0.2) is 14.0 Å². The summed E-state index contributed by atoms with van der Waals surface area (Å²) in [7, 11) is 0. The molecule has 0 saturated heterocycles. The molecule has 0 amide bonds. The molecule has 2 aromatic carbocycles. The second-order valence-electron chi connectivity index (χ2n) is 7.71. The Balaban J connectivity index is 1.73. The maximum Gasteiger partial charge on any atom is 0.343 e. The predicted molar refractivity (Wildman–Crippen MR) is 119 cm³/mol. The number of nitro groups is 2. The smallest absolute Gasteiger partial charge is 0.343 e. The maximum atomic E-state index is 14.4. The first kappa shape index (κ1) is 25.2. The number of benzene rings is 2. The third kappa shape index (κ3) is 4.53. The molecule has 0 spiro atoms. The van der Waals surface area contributed by atoms with Crippen molar-refractivity contribution in [2.75, 3.05) is 19.8 Å². The Kier molecular flexibility index (Phi) is 6.52. The van der Waals surface area contributed by atoms with Crippen LogP contribution in [0.1, 0.15) is 33.7 Å². The molecule has 0 saturated carbocycles. The van der Waals surface area contributed by atoms with Gasteiger partial charge >= 0.3 is 11.9 Å².